The highest BCUT2D eigenvalue weighted by atomic mass is 16.5. The standard InChI is InChI=1S/C19H19N3O3/c1-13-3-5-15(6-4-13)18-21-22-19(25-18)16-9-7-14(8-10-16)17(23)20-11-12-24-2/h3-10H,11-12H2,1-2H3,(H,20,23). The van der Waals surface area contributed by atoms with Crippen LogP contribution in [0.4, 0.5) is 0 Å². The van der Waals surface area contributed by atoms with Crippen molar-refractivity contribution in [3.05, 3.63) is 59.7 Å². The molecule has 3 rings (SSSR count). The number of carbonyl (C=O) groups is 1. The number of nitrogens with one attached hydrogen (secondary N) is 1. The quantitative estimate of drug-likeness (QED) is 0.700. The summed E-state index contributed by atoms with van der Waals surface area (Å²) >= 11 is 0. The summed E-state index contributed by atoms with van der Waals surface area (Å²) in [6.07, 6.45) is 0. The molecule has 128 valence electrons. The van der Waals surface area contributed by atoms with Crippen LogP contribution < -0.4 is 5.32 Å². The molecule has 6 nitrogen and oxygen atoms in total. The summed E-state index contributed by atoms with van der Waals surface area (Å²) in [5.41, 5.74) is 3.37. The minimum atomic E-state index is -0.144. The maximum absolute atomic E-state index is 12.0. The Labute approximate surface area is 145 Å². The zero-order chi connectivity index (χ0) is 17.6. The van der Waals surface area contributed by atoms with E-state index in [9.17, 15) is 4.79 Å². The van der Waals surface area contributed by atoms with E-state index in [0.29, 0.717) is 30.5 Å². The summed E-state index contributed by atoms with van der Waals surface area (Å²) in [4.78, 5) is 12.0. The first kappa shape index (κ1) is 16.9. The van der Waals surface area contributed by atoms with Crippen LogP contribution in [0, 0.1) is 6.92 Å². The van der Waals surface area contributed by atoms with Crippen LogP contribution in [0.25, 0.3) is 22.9 Å². The highest BCUT2D eigenvalue weighted by Crippen LogP contribution is 2.24. The SMILES string of the molecule is COCCNC(=O)c1ccc(-c2nnc(-c3ccc(C)cc3)o2)cc1. The molecule has 0 saturated carbocycles. The zero-order valence-corrected chi connectivity index (χ0v) is 14.2. The first-order valence-electron chi connectivity index (χ1n) is 7.95. The normalized spacial score (nSPS) is 10.6. The molecule has 0 fully saturated rings. The van der Waals surface area contributed by atoms with E-state index in [1.54, 1.807) is 31.4 Å². The Bertz CT molecular complexity index is 839. The third-order valence-corrected chi connectivity index (χ3v) is 3.71. The predicted molar refractivity (Wildman–Crippen MR) is 94.1 cm³/mol. The fourth-order valence-electron chi connectivity index (χ4n) is 2.29. The number of rotatable bonds is 6. The summed E-state index contributed by atoms with van der Waals surface area (Å²) in [6.45, 7) is 2.98. The average molecular weight is 337 g/mol. The fraction of sp³-hybridized carbons (Fsp3) is 0.211. The molecule has 1 amide bonds. The van der Waals surface area contributed by atoms with Gasteiger partial charge in [0, 0.05) is 30.3 Å². The molecule has 1 heterocycles. The largest absolute Gasteiger partial charge is 0.416 e. The number of hydrogen-bond acceptors (Lipinski definition) is 5. The van der Waals surface area contributed by atoms with Gasteiger partial charge in [0.05, 0.1) is 6.61 Å². The van der Waals surface area contributed by atoms with Crippen LogP contribution in [0.5, 0.6) is 0 Å². The second kappa shape index (κ2) is 7.72. The van der Waals surface area contributed by atoms with Crippen LogP contribution in [-0.2, 0) is 4.74 Å². The Kier molecular flexibility index (Phi) is 5.20. The van der Waals surface area contributed by atoms with Crippen LogP contribution >= 0.6 is 0 Å². The smallest absolute Gasteiger partial charge is 0.251 e. The van der Waals surface area contributed by atoms with Gasteiger partial charge in [0.25, 0.3) is 5.91 Å². The lowest BCUT2D eigenvalue weighted by Gasteiger charge is -2.04. The van der Waals surface area contributed by atoms with Crippen molar-refractivity contribution >= 4 is 5.91 Å². The molecule has 3 aromatic rings. The maximum Gasteiger partial charge on any atom is 0.251 e. The number of carbonyl (C=O) groups excluding carboxylic acids is 1. The monoisotopic (exact) mass is 337 g/mol. The van der Waals surface area contributed by atoms with Crippen LogP contribution in [0.1, 0.15) is 15.9 Å². The van der Waals surface area contributed by atoms with Crippen molar-refractivity contribution in [1.82, 2.24) is 15.5 Å². The molecule has 0 atom stereocenters. The van der Waals surface area contributed by atoms with Gasteiger partial charge in [-0.05, 0) is 43.3 Å². The third-order valence-electron chi connectivity index (χ3n) is 3.71. The first-order chi connectivity index (χ1) is 12.2. The molecule has 1 aromatic heterocycles. The van der Waals surface area contributed by atoms with Gasteiger partial charge in [0.1, 0.15) is 0 Å². The van der Waals surface area contributed by atoms with Crippen molar-refractivity contribution in [1.29, 1.82) is 0 Å². The van der Waals surface area contributed by atoms with E-state index in [4.69, 9.17) is 9.15 Å². The fourth-order valence-corrected chi connectivity index (χ4v) is 2.29. The Balaban J connectivity index is 1.72. The molecule has 25 heavy (non-hydrogen) atoms. The lowest BCUT2D eigenvalue weighted by Crippen LogP contribution is -2.26. The number of benzene rings is 2. The van der Waals surface area contributed by atoms with E-state index >= 15 is 0 Å². The summed E-state index contributed by atoms with van der Waals surface area (Å²) in [5, 5.41) is 11.0. The van der Waals surface area contributed by atoms with E-state index in [1.165, 1.54) is 5.56 Å². The van der Waals surface area contributed by atoms with Gasteiger partial charge in [0.15, 0.2) is 0 Å². The molecule has 2 aromatic carbocycles. The summed E-state index contributed by atoms with van der Waals surface area (Å²) in [5.74, 6) is 0.743. The van der Waals surface area contributed by atoms with E-state index in [2.05, 4.69) is 15.5 Å². The second-order valence-electron chi connectivity index (χ2n) is 5.60. The van der Waals surface area contributed by atoms with Crippen molar-refractivity contribution in [3.8, 4) is 22.9 Å². The van der Waals surface area contributed by atoms with E-state index in [-0.39, 0.29) is 5.91 Å². The number of methoxy groups -OCH3 is 1. The Morgan fingerprint density at radius 3 is 2.12 bits per heavy atom. The van der Waals surface area contributed by atoms with Gasteiger partial charge in [-0.15, -0.1) is 10.2 Å². The van der Waals surface area contributed by atoms with Gasteiger partial charge in [0.2, 0.25) is 11.8 Å². The van der Waals surface area contributed by atoms with Gasteiger partial charge >= 0.3 is 0 Å². The lowest BCUT2D eigenvalue weighted by molar-refractivity contribution is 0.0937. The highest BCUT2D eigenvalue weighted by Gasteiger charge is 2.11. The molecular weight excluding hydrogens is 318 g/mol. The number of aromatic nitrogens is 2. The van der Waals surface area contributed by atoms with Crippen molar-refractivity contribution in [2.45, 2.75) is 6.92 Å². The van der Waals surface area contributed by atoms with Crippen LogP contribution in [0.2, 0.25) is 0 Å². The van der Waals surface area contributed by atoms with Crippen molar-refractivity contribution in [2.24, 2.45) is 0 Å². The molecule has 1 N–H and O–H groups in total. The third kappa shape index (κ3) is 4.10. The van der Waals surface area contributed by atoms with Crippen LogP contribution in [0.15, 0.2) is 52.9 Å². The molecule has 6 heteroatoms. The Hall–Kier alpha value is -2.99. The molecule has 0 aliphatic heterocycles. The highest BCUT2D eigenvalue weighted by molar-refractivity contribution is 5.94. The van der Waals surface area contributed by atoms with Crippen LogP contribution in [0.3, 0.4) is 0 Å². The Morgan fingerprint density at radius 1 is 1.00 bits per heavy atom. The molecule has 0 aliphatic carbocycles. The summed E-state index contributed by atoms with van der Waals surface area (Å²) in [6, 6.07) is 14.9. The van der Waals surface area contributed by atoms with Gasteiger partial charge in [-0.3, -0.25) is 4.79 Å². The van der Waals surface area contributed by atoms with E-state index < -0.39 is 0 Å². The minimum Gasteiger partial charge on any atom is -0.416 e. The Morgan fingerprint density at radius 2 is 1.56 bits per heavy atom. The lowest BCUT2D eigenvalue weighted by atomic mass is 10.1. The number of nitrogens with zero attached hydrogens (tertiary/aromatic N) is 2. The number of aryl methyl sites for hydroxylation is 1. The molecule has 0 radical (unpaired) electrons. The van der Waals surface area contributed by atoms with Crippen molar-refractivity contribution < 1.29 is 13.9 Å². The topological polar surface area (TPSA) is 77.2 Å². The van der Waals surface area contributed by atoms with Crippen molar-refractivity contribution in [2.75, 3.05) is 20.3 Å². The molecule has 0 saturated heterocycles. The first-order valence-corrected chi connectivity index (χ1v) is 7.95. The predicted octanol–water partition coefficient (Wildman–Crippen LogP) is 3.09. The molecular formula is C19H19N3O3. The minimum absolute atomic E-state index is 0.144. The molecule has 0 unspecified atom stereocenters. The molecule has 0 spiro atoms. The second-order valence-corrected chi connectivity index (χ2v) is 5.60. The number of ether oxygens (including phenoxy) is 1. The number of hydrogen-bond donors (Lipinski definition) is 1. The van der Waals surface area contributed by atoms with E-state index in [0.717, 1.165) is 11.1 Å². The van der Waals surface area contributed by atoms with Crippen molar-refractivity contribution in [3.63, 3.8) is 0 Å². The maximum atomic E-state index is 12.0. The summed E-state index contributed by atoms with van der Waals surface area (Å²) in [7, 11) is 1.59. The van der Waals surface area contributed by atoms with Gasteiger partial charge < -0.3 is 14.5 Å². The van der Waals surface area contributed by atoms with Gasteiger partial charge in [-0.25, -0.2) is 0 Å². The zero-order valence-electron chi connectivity index (χ0n) is 14.2. The van der Waals surface area contributed by atoms with Gasteiger partial charge in [-0.1, -0.05) is 17.7 Å². The molecule has 0 bridgehead atoms. The summed E-state index contributed by atoms with van der Waals surface area (Å²) < 4.78 is 10.6. The van der Waals surface area contributed by atoms with Gasteiger partial charge in [-0.2, -0.15) is 0 Å². The average Bonchev–Trinajstić information content (AvgIpc) is 3.13. The number of amides is 1. The molecule has 0 aliphatic rings. The van der Waals surface area contributed by atoms with E-state index in [1.807, 2.05) is 31.2 Å². The van der Waals surface area contributed by atoms with Crippen LogP contribution in [-0.4, -0.2) is 36.4 Å².